The molecule has 0 aromatic heterocycles. The maximum atomic E-state index is 13.7. The first-order chi connectivity index (χ1) is 13.2. The van der Waals surface area contributed by atoms with Crippen LogP contribution in [0, 0.1) is 0 Å². The lowest BCUT2D eigenvalue weighted by atomic mass is 10.2. The average Bonchev–Trinajstić information content (AvgIpc) is 2.74. The molecule has 3 aromatic rings. The molecule has 0 spiro atoms. The molecule has 0 heterocycles. The van der Waals surface area contributed by atoms with Crippen LogP contribution < -0.4 is 15.3 Å². The summed E-state index contributed by atoms with van der Waals surface area (Å²) in [6.45, 7) is 3.08. The van der Waals surface area contributed by atoms with Crippen molar-refractivity contribution in [2.45, 2.75) is 26.4 Å². The first-order valence-electron chi connectivity index (χ1n) is 9.30. The van der Waals surface area contributed by atoms with Crippen LogP contribution in [-0.4, -0.2) is 6.61 Å². The number of hydrogen-bond acceptors (Lipinski definition) is 3. The summed E-state index contributed by atoms with van der Waals surface area (Å²) in [7, 11) is -3.11. The van der Waals surface area contributed by atoms with Gasteiger partial charge in [-0.25, -0.2) is 0 Å². The zero-order chi connectivity index (χ0) is 19.0. The molecule has 0 amide bonds. The van der Waals surface area contributed by atoms with E-state index in [0.717, 1.165) is 29.5 Å². The third kappa shape index (κ3) is 5.09. The Kier molecular flexibility index (Phi) is 6.86. The van der Waals surface area contributed by atoms with Crippen molar-refractivity contribution in [2.24, 2.45) is 0 Å². The lowest BCUT2D eigenvalue weighted by Gasteiger charge is -2.19. The fraction of sp³-hybridized carbons (Fsp3) is 0.217. The largest absolute Gasteiger partial charge is 0.489 e. The lowest BCUT2D eigenvalue weighted by molar-refractivity contribution is 0.306. The van der Waals surface area contributed by atoms with E-state index < -0.39 is 7.37 Å². The third-order valence-corrected chi connectivity index (χ3v) is 6.79. The minimum atomic E-state index is -3.11. The van der Waals surface area contributed by atoms with Crippen LogP contribution in [0.4, 0.5) is 0 Å². The SMILES string of the molecule is CCCCOP(=O)(c1ccccc1)c1ccc(OCc2ccccc2)cc1. The molecule has 4 heteroatoms. The Morgan fingerprint density at radius 1 is 0.778 bits per heavy atom. The lowest BCUT2D eigenvalue weighted by Crippen LogP contribution is -2.18. The maximum absolute atomic E-state index is 13.7. The van der Waals surface area contributed by atoms with Gasteiger partial charge in [-0.3, -0.25) is 4.57 Å². The van der Waals surface area contributed by atoms with Crippen molar-refractivity contribution in [3.05, 3.63) is 90.5 Å². The van der Waals surface area contributed by atoms with Crippen LogP contribution >= 0.6 is 7.37 Å². The smallest absolute Gasteiger partial charge is 0.261 e. The summed E-state index contributed by atoms with van der Waals surface area (Å²) in [4.78, 5) is 0. The molecular weight excluding hydrogens is 355 g/mol. The maximum Gasteiger partial charge on any atom is 0.261 e. The van der Waals surface area contributed by atoms with E-state index in [4.69, 9.17) is 9.26 Å². The van der Waals surface area contributed by atoms with E-state index in [-0.39, 0.29) is 0 Å². The summed E-state index contributed by atoms with van der Waals surface area (Å²) in [5.74, 6) is 0.746. The molecule has 1 unspecified atom stereocenters. The van der Waals surface area contributed by atoms with Gasteiger partial charge in [0.25, 0.3) is 7.37 Å². The molecule has 27 heavy (non-hydrogen) atoms. The van der Waals surface area contributed by atoms with E-state index in [0.29, 0.717) is 18.5 Å². The van der Waals surface area contributed by atoms with E-state index in [2.05, 4.69) is 6.92 Å². The van der Waals surface area contributed by atoms with Crippen LogP contribution in [0.25, 0.3) is 0 Å². The van der Waals surface area contributed by atoms with Crippen LogP contribution in [0.2, 0.25) is 0 Å². The summed E-state index contributed by atoms with van der Waals surface area (Å²) >= 11 is 0. The van der Waals surface area contributed by atoms with Gasteiger partial charge in [-0.1, -0.05) is 61.9 Å². The molecule has 0 N–H and O–H groups in total. The normalized spacial score (nSPS) is 13.1. The average molecular weight is 380 g/mol. The van der Waals surface area contributed by atoms with Crippen LogP contribution in [0.1, 0.15) is 25.3 Å². The molecular formula is C23H25O3P. The Balaban J connectivity index is 1.77. The van der Waals surface area contributed by atoms with Crippen molar-refractivity contribution in [2.75, 3.05) is 6.61 Å². The molecule has 3 rings (SSSR count). The van der Waals surface area contributed by atoms with Gasteiger partial charge in [0.2, 0.25) is 0 Å². The van der Waals surface area contributed by atoms with Crippen LogP contribution in [0.5, 0.6) is 5.75 Å². The highest BCUT2D eigenvalue weighted by atomic mass is 31.2. The number of benzene rings is 3. The Labute approximate surface area is 161 Å². The van der Waals surface area contributed by atoms with Gasteiger partial charge in [0.1, 0.15) is 12.4 Å². The quantitative estimate of drug-likeness (QED) is 0.373. The van der Waals surface area contributed by atoms with Gasteiger partial charge < -0.3 is 9.26 Å². The van der Waals surface area contributed by atoms with Gasteiger partial charge in [0.05, 0.1) is 6.61 Å². The minimum Gasteiger partial charge on any atom is -0.489 e. The van der Waals surface area contributed by atoms with E-state index in [9.17, 15) is 4.57 Å². The topological polar surface area (TPSA) is 35.5 Å². The Morgan fingerprint density at radius 2 is 1.37 bits per heavy atom. The molecule has 0 saturated heterocycles. The summed E-state index contributed by atoms with van der Waals surface area (Å²) in [6.07, 6.45) is 1.89. The monoisotopic (exact) mass is 380 g/mol. The van der Waals surface area contributed by atoms with Crippen molar-refractivity contribution in [1.29, 1.82) is 0 Å². The number of unbranched alkanes of at least 4 members (excludes halogenated alkanes) is 1. The first kappa shape index (κ1) is 19.4. The fourth-order valence-corrected chi connectivity index (χ4v) is 4.83. The molecule has 140 valence electrons. The fourth-order valence-electron chi connectivity index (χ4n) is 2.74. The second kappa shape index (κ2) is 9.55. The van der Waals surface area contributed by atoms with E-state index in [1.165, 1.54) is 0 Å². The standard InChI is InChI=1S/C23H25O3P/c1-2-3-18-26-27(24,22-12-8-5-9-13-22)23-16-14-21(15-17-23)25-19-20-10-6-4-7-11-20/h4-17H,2-3,18-19H2,1H3. The van der Waals surface area contributed by atoms with Gasteiger partial charge in [-0.05, 0) is 48.4 Å². The molecule has 1 atom stereocenters. The van der Waals surface area contributed by atoms with Crippen molar-refractivity contribution < 1.29 is 13.8 Å². The predicted octanol–water partition coefficient (Wildman–Crippen LogP) is 5.31. The van der Waals surface area contributed by atoms with Gasteiger partial charge in [-0.2, -0.15) is 0 Å². The van der Waals surface area contributed by atoms with Crippen molar-refractivity contribution in [1.82, 2.24) is 0 Å². The summed E-state index contributed by atoms with van der Waals surface area (Å²) in [5.41, 5.74) is 1.11. The van der Waals surface area contributed by atoms with Crippen LogP contribution in [-0.2, 0) is 15.7 Å². The highest BCUT2D eigenvalue weighted by molar-refractivity contribution is 7.74. The van der Waals surface area contributed by atoms with E-state index >= 15 is 0 Å². The van der Waals surface area contributed by atoms with Crippen LogP contribution in [0.15, 0.2) is 84.9 Å². The molecule has 3 nitrogen and oxygen atoms in total. The predicted molar refractivity (Wildman–Crippen MR) is 111 cm³/mol. The molecule has 0 radical (unpaired) electrons. The molecule has 0 aliphatic heterocycles. The zero-order valence-corrected chi connectivity index (χ0v) is 16.5. The van der Waals surface area contributed by atoms with Gasteiger partial charge >= 0.3 is 0 Å². The van der Waals surface area contributed by atoms with E-state index in [1.807, 2.05) is 84.9 Å². The Bertz CT molecular complexity index is 861. The van der Waals surface area contributed by atoms with Crippen LogP contribution in [0.3, 0.4) is 0 Å². The molecule has 0 fully saturated rings. The first-order valence-corrected chi connectivity index (χ1v) is 10.9. The van der Waals surface area contributed by atoms with Crippen molar-refractivity contribution in [3.8, 4) is 5.75 Å². The summed E-state index contributed by atoms with van der Waals surface area (Å²) in [6, 6.07) is 26.9. The van der Waals surface area contributed by atoms with E-state index in [1.54, 1.807) is 0 Å². The number of ether oxygens (including phenoxy) is 1. The molecule has 0 saturated carbocycles. The summed E-state index contributed by atoms with van der Waals surface area (Å²) in [5, 5.41) is 1.41. The zero-order valence-electron chi connectivity index (χ0n) is 15.6. The molecule has 0 aliphatic carbocycles. The van der Waals surface area contributed by atoms with Gasteiger partial charge in [-0.15, -0.1) is 0 Å². The second-order valence-corrected chi connectivity index (χ2v) is 8.74. The van der Waals surface area contributed by atoms with Crippen molar-refractivity contribution >= 4 is 18.0 Å². The number of hydrogen-bond donors (Lipinski definition) is 0. The van der Waals surface area contributed by atoms with Gasteiger partial charge in [0, 0.05) is 10.6 Å². The highest BCUT2D eigenvalue weighted by Gasteiger charge is 2.28. The molecule has 0 bridgehead atoms. The minimum absolute atomic E-state index is 0.481. The van der Waals surface area contributed by atoms with Crippen molar-refractivity contribution in [3.63, 3.8) is 0 Å². The second-order valence-electron chi connectivity index (χ2n) is 6.34. The molecule has 3 aromatic carbocycles. The number of rotatable bonds is 9. The molecule has 0 aliphatic rings. The third-order valence-electron chi connectivity index (χ3n) is 4.29. The Hall–Kier alpha value is -2.35. The van der Waals surface area contributed by atoms with Gasteiger partial charge in [0.15, 0.2) is 0 Å². The highest BCUT2D eigenvalue weighted by Crippen LogP contribution is 2.45. The Morgan fingerprint density at radius 3 is 2.00 bits per heavy atom. The summed E-state index contributed by atoms with van der Waals surface area (Å²) < 4.78 is 25.5.